The molecule has 106 valence electrons. The van der Waals surface area contributed by atoms with Crippen molar-refractivity contribution in [2.45, 2.75) is 18.8 Å². The van der Waals surface area contributed by atoms with Crippen LogP contribution in [0.15, 0.2) is 22.7 Å². The van der Waals surface area contributed by atoms with Gasteiger partial charge in [0.1, 0.15) is 0 Å². The first-order chi connectivity index (χ1) is 8.71. The van der Waals surface area contributed by atoms with Gasteiger partial charge >= 0.3 is 12.1 Å². The molecule has 0 heterocycles. The van der Waals surface area contributed by atoms with Gasteiger partial charge in [-0.05, 0) is 17.7 Å². The number of nitrogens with one attached hydrogen (secondary N) is 1. The van der Waals surface area contributed by atoms with Crippen LogP contribution < -0.4 is 5.32 Å². The van der Waals surface area contributed by atoms with Gasteiger partial charge in [0.2, 0.25) is 0 Å². The third-order valence-electron chi connectivity index (χ3n) is 2.33. The molecule has 0 radical (unpaired) electrons. The molecule has 0 bridgehead atoms. The Balaban J connectivity index is 2.57. The van der Waals surface area contributed by atoms with Crippen molar-refractivity contribution in [3.05, 3.63) is 33.8 Å². The molecule has 1 aromatic rings. The Morgan fingerprint density at radius 1 is 1.42 bits per heavy atom. The average Bonchev–Trinajstić information content (AvgIpc) is 2.29. The Kier molecular flexibility index (Phi) is 5.33. The summed E-state index contributed by atoms with van der Waals surface area (Å²) < 4.78 is 36.6. The van der Waals surface area contributed by atoms with Crippen LogP contribution >= 0.6 is 15.9 Å². The lowest BCUT2D eigenvalue weighted by Gasteiger charge is -2.15. The van der Waals surface area contributed by atoms with Crippen LogP contribution in [0.2, 0.25) is 0 Å². The number of rotatable bonds is 5. The maximum atomic E-state index is 12.0. The minimum atomic E-state index is -4.66. The zero-order valence-corrected chi connectivity index (χ0v) is 11.1. The van der Waals surface area contributed by atoms with Gasteiger partial charge in [-0.3, -0.25) is 0 Å². The minimum absolute atomic E-state index is 0.0750. The number of carboxylic acid groups (broad SMARTS) is 1. The van der Waals surface area contributed by atoms with Crippen LogP contribution in [0.1, 0.15) is 15.9 Å². The van der Waals surface area contributed by atoms with Crippen molar-refractivity contribution in [2.24, 2.45) is 0 Å². The largest absolute Gasteiger partial charge is 0.478 e. The summed E-state index contributed by atoms with van der Waals surface area (Å²) in [6, 6.07) is 4.20. The first-order valence-electron chi connectivity index (χ1n) is 5.19. The summed E-state index contributed by atoms with van der Waals surface area (Å²) in [7, 11) is 0. The SMILES string of the molecule is O=C(O)c1ccc(CNCC(O)C(F)(F)F)c(Br)c1. The summed E-state index contributed by atoms with van der Waals surface area (Å²) in [5, 5.41) is 20.0. The first-order valence-corrected chi connectivity index (χ1v) is 5.98. The topological polar surface area (TPSA) is 69.6 Å². The second-order valence-electron chi connectivity index (χ2n) is 3.80. The van der Waals surface area contributed by atoms with E-state index in [1.165, 1.54) is 18.2 Å². The van der Waals surface area contributed by atoms with Crippen molar-refractivity contribution in [1.82, 2.24) is 5.32 Å². The fourth-order valence-electron chi connectivity index (χ4n) is 1.28. The van der Waals surface area contributed by atoms with Gasteiger partial charge in [-0.15, -0.1) is 0 Å². The van der Waals surface area contributed by atoms with Crippen molar-refractivity contribution >= 4 is 21.9 Å². The Bertz CT molecular complexity index is 465. The quantitative estimate of drug-likeness (QED) is 0.767. The molecular formula is C11H11BrF3NO3. The van der Waals surface area contributed by atoms with E-state index in [-0.39, 0.29) is 12.1 Å². The predicted molar refractivity (Wildman–Crippen MR) is 64.9 cm³/mol. The van der Waals surface area contributed by atoms with Gasteiger partial charge < -0.3 is 15.5 Å². The highest BCUT2D eigenvalue weighted by molar-refractivity contribution is 9.10. The van der Waals surface area contributed by atoms with E-state index in [9.17, 15) is 18.0 Å². The number of aliphatic hydroxyl groups excluding tert-OH is 1. The fourth-order valence-corrected chi connectivity index (χ4v) is 1.80. The summed E-state index contributed by atoms with van der Waals surface area (Å²) >= 11 is 3.13. The van der Waals surface area contributed by atoms with E-state index in [0.717, 1.165) is 0 Å². The third-order valence-corrected chi connectivity index (χ3v) is 3.07. The molecule has 0 saturated heterocycles. The molecule has 8 heteroatoms. The second-order valence-corrected chi connectivity index (χ2v) is 4.65. The molecule has 1 atom stereocenters. The number of aromatic carboxylic acids is 1. The van der Waals surface area contributed by atoms with Gasteiger partial charge in [-0.2, -0.15) is 13.2 Å². The molecular weight excluding hydrogens is 331 g/mol. The summed E-state index contributed by atoms with van der Waals surface area (Å²) in [4.78, 5) is 10.7. The van der Waals surface area contributed by atoms with Crippen LogP contribution in [-0.4, -0.2) is 35.0 Å². The zero-order valence-electron chi connectivity index (χ0n) is 9.54. The second kappa shape index (κ2) is 6.36. The number of carboxylic acids is 1. The molecule has 0 amide bonds. The van der Waals surface area contributed by atoms with Crippen molar-refractivity contribution in [3.63, 3.8) is 0 Å². The van der Waals surface area contributed by atoms with Crippen molar-refractivity contribution in [2.75, 3.05) is 6.54 Å². The fraction of sp³-hybridized carbons (Fsp3) is 0.364. The standard InChI is InChI=1S/C11H11BrF3NO3/c12-8-3-6(10(18)19)1-2-7(8)4-16-5-9(17)11(13,14)15/h1-3,9,16-17H,4-5H2,(H,18,19). The lowest BCUT2D eigenvalue weighted by molar-refractivity contribution is -0.201. The van der Waals surface area contributed by atoms with Crippen molar-refractivity contribution < 1.29 is 28.2 Å². The van der Waals surface area contributed by atoms with Crippen LogP contribution in [-0.2, 0) is 6.54 Å². The van der Waals surface area contributed by atoms with Crippen LogP contribution in [0.4, 0.5) is 13.2 Å². The molecule has 1 aromatic carbocycles. The van der Waals surface area contributed by atoms with Crippen LogP contribution in [0.25, 0.3) is 0 Å². The number of benzene rings is 1. The van der Waals surface area contributed by atoms with E-state index in [0.29, 0.717) is 10.0 Å². The third kappa shape index (κ3) is 4.81. The van der Waals surface area contributed by atoms with E-state index in [1.54, 1.807) is 0 Å². The molecule has 1 unspecified atom stereocenters. The number of halogens is 4. The van der Waals surface area contributed by atoms with Crippen LogP contribution in [0.5, 0.6) is 0 Å². The molecule has 4 nitrogen and oxygen atoms in total. The maximum Gasteiger partial charge on any atom is 0.415 e. The average molecular weight is 342 g/mol. The summed E-state index contributed by atoms with van der Waals surface area (Å²) in [5.41, 5.74) is 0.672. The Hall–Kier alpha value is -1.12. The number of hydrogen-bond donors (Lipinski definition) is 3. The molecule has 0 aliphatic carbocycles. The molecule has 0 spiro atoms. The molecule has 0 fully saturated rings. The Morgan fingerprint density at radius 3 is 2.53 bits per heavy atom. The zero-order chi connectivity index (χ0) is 14.6. The van der Waals surface area contributed by atoms with Gasteiger partial charge in [-0.1, -0.05) is 22.0 Å². The van der Waals surface area contributed by atoms with Gasteiger partial charge in [0.15, 0.2) is 6.10 Å². The molecule has 0 saturated carbocycles. The lowest BCUT2D eigenvalue weighted by atomic mass is 10.1. The summed E-state index contributed by atoms with van der Waals surface area (Å²) in [6.07, 6.45) is -7.08. The van der Waals surface area contributed by atoms with E-state index in [4.69, 9.17) is 10.2 Å². The van der Waals surface area contributed by atoms with Crippen molar-refractivity contribution in [1.29, 1.82) is 0 Å². The molecule has 19 heavy (non-hydrogen) atoms. The Labute approximate surface area is 115 Å². The highest BCUT2D eigenvalue weighted by Crippen LogP contribution is 2.21. The predicted octanol–water partition coefficient (Wildman–Crippen LogP) is 2.16. The Morgan fingerprint density at radius 2 is 2.05 bits per heavy atom. The van der Waals surface area contributed by atoms with Gasteiger partial charge in [0.25, 0.3) is 0 Å². The minimum Gasteiger partial charge on any atom is -0.478 e. The van der Waals surface area contributed by atoms with Crippen molar-refractivity contribution in [3.8, 4) is 0 Å². The smallest absolute Gasteiger partial charge is 0.415 e. The molecule has 3 N–H and O–H groups in total. The summed E-state index contributed by atoms with van der Waals surface area (Å²) in [6.45, 7) is -0.551. The highest BCUT2D eigenvalue weighted by Gasteiger charge is 2.37. The number of hydrogen-bond acceptors (Lipinski definition) is 3. The monoisotopic (exact) mass is 341 g/mol. The number of alkyl halides is 3. The van der Waals surface area contributed by atoms with Gasteiger partial charge in [0, 0.05) is 17.6 Å². The van der Waals surface area contributed by atoms with Gasteiger partial charge in [-0.25, -0.2) is 4.79 Å². The van der Waals surface area contributed by atoms with E-state index in [2.05, 4.69) is 21.2 Å². The number of aliphatic hydroxyl groups is 1. The van der Waals surface area contributed by atoms with Crippen LogP contribution in [0, 0.1) is 0 Å². The first kappa shape index (κ1) is 15.9. The van der Waals surface area contributed by atoms with E-state index >= 15 is 0 Å². The molecule has 1 rings (SSSR count). The van der Waals surface area contributed by atoms with Gasteiger partial charge in [0.05, 0.1) is 5.56 Å². The van der Waals surface area contributed by atoms with E-state index < -0.39 is 24.8 Å². The summed E-state index contributed by atoms with van der Waals surface area (Å²) in [5.74, 6) is -1.09. The lowest BCUT2D eigenvalue weighted by Crippen LogP contribution is -2.38. The number of carbonyl (C=O) groups is 1. The normalized spacial score (nSPS) is 13.3. The molecule has 0 aliphatic heterocycles. The maximum absolute atomic E-state index is 12.0. The molecule has 0 aromatic heterocycles. The van der Waals surface area contributed by atoms with Crippen LogP contribution in [0.3, 0.4) is 0 Å². The molecule has 0 aliphatic rings. The highest BCUT2D eigenvalue weighted by atomic mass is 79.9. The van der Waals surface area contributed by atoms with E-state index in [1.807, 2.05) is 0 Å².